The number of nitrogens with zero attached hydrogens (tertiary/aromatic N) is 2. The van der Waals surface area contributed by atoms with Crippen molar-refractivity contribution in [1.82, 2.24) is 9.47 Å². The first-order valence-corrected chi connectivity index (χ1v) is 9.47. The van der Waals surface area contributed by atoms with Crippen molar-refractivity contribution in [3.8, 4) is 0 Å². The van der Waals surface area contributed by atoms with Crippen LogP contribution in [0.1, 0.15) is 44.0 Å². The number of fused-ring (bicyclic) bond motifs is 6. The molecule has 3 heteroatoms. The number of piperidine rings is 1. The maximum atomic E-state index is 10.2. The second-order valence-corrected chi connectivity index (χ2v) is 8.02. The van der Waals surface area contributed by atoms with E-state index < -0.39 is 0 Å². The Bertz CT molecular complexity index is 750. The second-order valence-electron chi connectivity index (χ2n) is 8.02. The first-order chi connectivity index (χ1) is 11.6. The van der Waals surface area contributed by atoms with Gasteiger partial charge in [0, 0.05) is 42.2 Å². The van der Waals surface area contributed by atoms with Crippen LogP contribution >= 0.6 is 0 Å². The van der Waals surface area contributed by atoms with Crippen molar-refractivity contribution in [3.05, 3.63) is 35.5 Å². The monoisotopic (exact) mass is 326 g/mol. The third-order valence-corrected chi connectivity index (χ3v) is 7.13. The Morgan fingerprint density at radius 1 is 1.25 bits per heavy atom. The summed E-state index contributed by atoms with van der Waals surface area (Å²) < 4.78 is 2.43. The molecule has 0 aliphatic carbocycles. The van der Waals surface area contributed by atoms with Gasteiger partial charge in [-0.25, -0.2) is 0 Å². The van der Waals surface area contributed by atoms with E-state index >= 15 is 0 Å². The molecule has 0 amide bonds. The van der Waals surface area contributed by atoms with Crippen molar-refractivity contribution in [3.63, 3.8) is 0 Å². The van der Waals surface area contributed by atoms with Gasteiger partial charge < -0.3 is 9.67 Å². The first-order valence-electron chi connectivity index (χ1n) is 9.47. The number of aliphatic hydroxyl groups is 1. The van der Waals surface area contributed by atoms with E-state index in [9.17, 15) is 5.11 Å². The fourth-order valence-corrected chi connectivity index (χ4v) is 5.57. The average Bonchev–Trinajstić information content (AvgIpc) is 2.87. The molecule has 0 saturated carbocycles. The molecule has 0 radical (unpaired) electrons. The normalized spacial score (nSPS) is 31.2. The van der Waals surface area contributed by atoms with Crippen molar-refractivity contribution in [2.24, 2.45) is 24.8 Å². The van der Waals surface area contributed by atoms with Gasteiger partial charge in [0.1, 0.15) is 0 Å². The number of para-hydroxylation sites is 1. The highest BCUT2D eigenvalue weighted by molar-refractivity contribution is 5.86. The number of rotatable bonds is 3. The molecule has 1 N–H and O–H groups in total. The molecule has 0 unspecified atom stereocenters. The molecule has 2 aliphatic rings. The molecule has 1 aromatic carbocycles. The fourth-order valence-electron chi connectivity index (χ4n) is 5.57. The highest BCUT2D eigenvalue weighted by atomic mass is 16.3. The Morgan fingerprint density at radius 2 is 2.00 bits per heavy atom. The van der Waals surface area contributed by atoms with Crippen LogP contribution in [0.2, 0.25) is 0 Å². The lowest BCUT2D eigenvalue weighted by Gasteiger charge is -2.53. The van der Waals surface area contributed by atoms with Crippen molar-refractivity contribution >= 4 is 10.9 Å². The first kappa shape index (κ1) is 16.2. The standard InChI is InChI=1S/C21H30N2O/c1-5-13(2)15-10-20-21-16(11-19(22(20)3)17(15)12-24)14-8-6-7-9-18(14)23(21)4/h6-9,13,15,17,19-20,24H,5,10-12H2,1-4H3/t13-,15-,17+,19-,20-/m0/s1. The fraction of sp³-hybridized carbons (Fsp3) is 0.619. The minimum Gasteiger partial charge on any atom is -0.396 e. The quantitative estimate of drug-likeness (QED) is 0.930. The zero-order chi connectivity index (χ0) is 17.0. The third-order valence-electron chi connectivity index (χ3n) is 7.13. The molecule has 2 bridgehead atoms. The molecule has 1 saturated heterocycles. The van der Waals surface area contributed by atoms with Crippen LogP contribution in [0, 0.1) is 17.8 Å². The number of benzene rings is 1. The highest BCUT2D eigenvalue weighted by Gasteiger charge is 2.47. The lowest BCUT2D eigenvalue weighted by molar-refractivity contribution is -0.0371. The summed E-state index contributed by atoms with van der Waals surface area (Å²) in [6, 6.07) is 9.76. The van der Waals surface area contributed by atoms with Crippen molar-refractivity contribution in [2.75, 3.05) is 13.7 Å². The third kappa shape index (κ3) is 2.11. The van der Waals surface area contributed by atoms with Crippen LogP contribution in [0.25, 0.3) is 10.9 Å². The molecule has 4 rings (SSSR count). The van der Waals surface area contributed by atoms with E-state index in [0.717, 1.165) is 6.42 Å². The van der Waals surface area contributed by atoms with E-state index in [0.29, 0.717) is 36.4 Å². The molecule has 130 valence electrons. The van der Waals surface area contributed by atoms with Gasteiger partial charge >= 0.3 is 0 Å². The Morgan fingerprint density at radius 3 is 2.71 bits per heavy atom. The van der Waals surface area contributed by atoms with Gasteiger partial charge in [0.05, 0.1) is 6.04 Å². The Hall–Kier alpha value is -1.32. The smallest absolute Gasteiger partial charge is 0.0506 e. The molecule has 5 atom stereocenters. The molecule has 1 fully saturated rings. The van der Waals surface area contributed by atoms with E-state index in [1.54, 1.807) is 0 Å². The molecular weight excluding hydrogens is 296 g/mol. The van der Waals surface area contributed by atoms with Gasteiger partial charge in [0.15, 0.2) is 0 Å². The molecule has 3 heterocycles. The summed E-state index contributed by atoms with van der Waals surface area (Å²) in [4.78, 5) is 2.56. The van der Waals surface area contributed by atoms with Crippen LogP contribution in [0.15, 0.2) is 24.3 Å². The largest absolute Gasteiger partial charge is 0.396 e. The lowest BCUT2D eigenvalue weighted by Crippen LogP contribution is -2.55. The van der Waals surface area contributed by atoms with Gasteiger partial charge in [0.2, 0.25) is 0 Å². The van der Waals surface area contributed by atoms with Crippen LogP contribution < -0.4 is 0 Å². The lowest BCUT2D eigenvalue weighted by atomic mass is 9.66. The van der Waals surface area contributed by atoms with Crippen molar-refractivity contribution < 1.29 is 5.11 Å². The van der Waals surface area contributed by atoms with E-state index in [1.807, 2.05) is 0 Å². The molecule has 1 aromatic heterocycles. The average molecular weight is 326 g/mol. The van der Waals surface area contributed by atoms with E-state index in [4.69, 9.17) is 0 Å². The van der Waals surface area contributed by atoms with Gasteiger partial charge in [-0.15, -0.1) is 0 Å². The Labute approximate surface area is 145 Å². The zero-order valence-electron chi connectivity index (χ0n) is 15.4. The van der Waals surface area contributed by atoms with Gasteiger partial charge in [0.25, 0.3) is 0 Å². The maximum absolute atomic E-state index is 10.2. The van der Waals surface area contributed by atoms with Crippen LogP contribution in [-0.2, 0) is 13.5 Å². The summed E-state index contributed by atoms with van der Waals surface area (Å²) in [5.41, 5.74) is 4.39. The van der Waals surface area contributed by atoms with Crippen LogP contribution in [0.3, 0.4) is 0 Å². The van der Waals surface area contributed by atoms with E-state index in [-0.39, 0.29) is 0 Å². The van der Waals surface area contributed by atoms with Gasteiger partial charge in [-0.1, -0.05) is 38.5 Å². The predicted molar refractivity (Wildman–Crippen MR) is 99.1 cm³/mol. The number of hydrogen-bond acceptors (Lipinski definition) is 2. The maximum Gasteiger partial charge on any atom is 0.0506 e. The highest BCUT2D eigenvalue weighted by Crippen LogP contribution is 2.50. The van der Waals surface area contributed by atoms with Crippen molar-refractivity contribution in [1.29, 1.82) is 0 Å². The minimum absolute atomic E-state index is 0.316. The van der Waals surface area contributed by atoms with Crippen LogP contribution in [-0.4, -0.2) is 34.3 Å². The molecular formula is C21H30N2O. The SMILES string of the molecule is CC[C@H](C)[C@@H]1C[C@H]2c3c(c4ccccc4n3C)C[C@@H]([C@@H]1CO)N2C. The number of likely N-dealkylation sites (N-methyl/N-ethyl adjacent to an activating group) is 1. The molecule has 3 nitrogen and oxygen atoms in total. The zero-order valence-corrected chi connectivity index (χ0v) is 15.4. The van der Waals surface area contributed by atoms with Crippen LogP contribution in [0.5, 0.6) is 0 Å². The van der Waals surface area contributed by atoms with E-state index in [1.165, 1.54) is 35.0 Å². The molecule has 24 heavy (non-hydrogen) atoms. The number of aromatic nitrogens is 1. The Kier molecular flexibility index (Phi) is 3.97. The Balaban J connectivity index is 1.86. The number of aryl methyl sites for hydroxylation is 1. The molecule has 0 spiro atoms. The topological polar surface area (TPSA) is 28.4 Å². The number of aliphatic hydroxyl groups excluding tert-OH is 1. The van der Waals surface area contributed by atoms with Crippen LogP contribution in [0.4, 0.5) is 0 Å². The number of hydrogen-bond donors (Lipinski definition) is 1. The summed E-state index contributed by atoms with van der Waals surface area (Å²) >= 11 is 0. The summed E-state index contributed by atoms with van der Waals surface area (Å²) in [6.07, 6.45) is 3.44. The second kappa shape index (κ2) is 5.89. The summed E-state index contributed by atoms with van der Waals surface area (Å²) in [6.45, 7) is 4.98. The molecule has 2 aromatic rings. The summed E-state index contributed by atoms with van der Waals surface area (Å²) in [7, 11) is 4.50. The summed E-state index contributed by atoms with van der Waals surface area (Å²) in [5.74, 6) is 1.70. The van der Waals surface area contributed by atoms with Gasteiger partial charge in [-0.05, 0) is 43.4 Å². The van der Waals surface area contributed by atoms with Crippen molar-refractivity contribution in [2.45, 2.75) is 45.2 Å². The van der Waals surface area contributed by atoms with Gasteiger partial charge in [-0.2, -0.15) is 0 Å². The minimum atomic E-state index is 0.316. The predicted octanol–water partition coefficient (Wildman–Crippen LogP) is 3.75. The van der Waals surface area contributed by atoms with Gasteiger partial charge in [-0.3, -0.25) is 4.90 Å². The summed E-state index contributed by atoms with van der Waals surface area (Å²) in [5, 5.41) is 11.6. The van der Waals surface area contributed by atoms with E-state index in [2.05, 4.69) is 61.7 Å². The molecule has 2 aliphatic heterocycles.